The van der Waals surface area contributed by atoms with E-state index in [1.807, 2.05) is 0 Å². The molecule has 0 radical (unpaired) electrons. The Hall–Kier alpha value is -3.10. The molecule has 1 N–H and O–H groups in total. The monoisotopic (exact) mass is 448 g/mol. The molecule has 2 aliphatic carbocycles. The third kappa shape index (κ3) is 6.45. The first-order valence-electron chi connectivity index (χ1n) is 10.9. The molecule has 0 heterocycles. The number of methoxy groups -OCH3 is 1. The van der Waals surface area contributed by atoms with E-state index in [0.29, 0.717) is 57.1 Å². The van der Waals surface area contributed by atoms with Crippen LogP contribution in [0.1, 0.15) is 51.4 Å². The SMILES string of the molecule is COC(=O)Oc1ccc(OC(=O)C2CCC(C(=O)OC3CCC(C(=O)O)CC3)CC2)cc1. The first kappa shape index (κ1) is 23.6. The topological polar surface area (TPSA) is 125 Å². The zero-order valence-corrected chi connectivity index (χ0v) is 18.0. The maximum absolute atomic E-state index is 12.5. The maximum Gasteiger partial charge on any atom is 0.513 e. The van der Waals surface area contributed by atoms with E-state index in [4.69, 9.17) is 19.3 Å². The number of carbonyl (C=O) groups is 4. The van der Waals surface area contributed by atoms with Gasteiger partial charge in [-0.15, -0.1) is 0 Å². The van der Waals surface area contributed by atoms with Crippen molar-refractivity contribution in [2.24, 2.45) is 17.8 Å². The Labute approximate surface area is 186 Å². The zero-order valence-electron chi connectivity index (χ0n) is 18.0. The second-order valence-electron chi connectivity index (χ2n) is 8.25. The van der Waals surface area contributed by atoms with Crippen molar-refractivity contribution in [1.29, 1.82) is 0 Å². The van der Waals surface area contributed by atoms with E-state index >= 15 is 0 Å². The van der Waals surface area contributed by atoms with Crippen LogP contribution in [0.2, 0.25) is 0 Å². The van der Waals surface area contributed by atoms with E-state index in [0.717, 1.165) is 0 Å². The number of carbonyl (C=O) groups excluding carboxylic acids is 3. The van der Waals surface area contributed by atoms with Gasteiger partial charge in [-0.25, -0.2) is 4.79 Å². The van der Waals surface area contributed by atoms with E-state index in [2.05, 4.69) is 4.74 Å². The van der Waals surface area contributed by atoms with Crippen LogP contribution in [-0.4, -0.2) is 42.4 Å². The first-order chi connectivity index (χ1) is 15.4. The number of ether oxygens (including phenoxy) is 4. The van der Waals surface area contributed by atoms with Crippen LogP contribution in [0.25, 0.3) is 0 Å². The largest absolute Gasteiger partial charge is 0.513 e. The van der Waals surface area contributed by atoms with E-state index < -0.39 is 12.1 Å². The van der Waals surface area contributed by atoms with E-state index in [1.54, 1.807) is 0 Å². The number of rotatable bonds is 6. The Balaban J connectivity index is 1.40. The van der Waals surface area contributed by atoms with Gasteiger partial charge in [0.1, 0.15) is 17.6 Å². The van der Waals surface area contributed by atoms with Crippen molar-refractivity contribution in [1.82, 2.24) is 0 Å². The molecule has 0 aromatic heterocycles. The molecule has 0 aliphatic heterocycles. The molecule has 32 heavy (non-hydrogen) atoms. The van der Waals surface area contributed by atoms with Crippen LogP contribution < -0.4 is 9.47 Å². The third-order valence-electron chi connectivity index (χ3n) is 6.11. The first-order valence-corrected chi connectivity index (χ1v) is 10.9. The molecule has 2 saturated carbocycles. The van der Waals surface area contributed by atoms with Gasteiger partial charge in [-0.2, -0.15) is 0 Å². The second kappa shape index (κ2) is 11.0. The van der Waals surface area contributed by atoms with Crippen LogP contribution in [0, 0.1) is 17.8 Å². The third-order valence-corrected chi connectivity index (χ3v) is 6.11. The summed E-state index contributed by atoms with van der Waals surface area (Å²) in [5, 5.41) is 9.06. The smallest absolute Gasteiger partial charge is 0.481 e. The summed E-state index contributed by atoms with van der Waals surface area (Å²) < 4.78 is 20.3. The average Bonchev–Trinajstić information content (AvgIpc) is 2.80. The summed E-state index contributed by atoms with van der Waals surface area (Å²) in [4.78, 5) is 47.1. The predicted octanol–water partition coefficient (Wildman–Crippen LogP) is 3.73. The van der Waals surface area contributed by atoms with E-state index in [1.165, 1.54) is 31.4 Å². The molecule has 2 aliphatic rings. The highest BCUT2D eigenvalue weighted by Crippen LogP contribution is 2.33. The quantitative estimate of drug-likeness (QED) is 0.393. The fraction of sp³-hybridized carbons (Fsp3) is 0.565. The van der Waals surface area contributed by atoms with Crippen LogP contribution >= 0.6 is 0 Å². The lowest BCUT2D eigenvalue weighted by atomic mass is 9.82. The van der Waals surface area contributed by atoms with Gasteiger partial charge in [-0.3, -0.25) is 14.4 Å². The number of carboxylic acid groups (broad SMARTS) is 1. The summed E-state index contributed by atoms with van der Waals surface area (Å²) >= 11 is 0. The van der Waals surface area contributed by atoms with Gasteiger partial charge in [0.05, 0.1) is 24.9 Å². The summed E-state index contributed by atoms with van der Waals surface area (Å²) in [6.45, 7) is 0. The summed E-state index contributed by atoms with van der Waals surface area (Å²) in [5.74, 6) is -1.67. The minimum atomic E-state index is -0.835. The number of hydrogen-bond acceptors (Lipinski definition) is 8. The van der Waals surface area contributed by atoms with Gasteiger partial charge < -0.3 is 24.1 Å². The number of aliphatic carboxylic acids is 1. The molecule has 9 heteroatoms. The Morgan fingerprint density at radius 3 is 1.69 bits per heavy atom. The summed E-state index contributed by atoms with van der Waals surface area (Å²) in [7, 11) is 1.21. The lowest BCUT2D eigenvalue weighted by Crippen LogP contribution is -2.33. The summed E-state index contributed by atoms with van der Waals surface area (Å²) in [6, 6.07) is 6.04. The average molecular weight is 448 g/mol. The van der Waals surface area contributed by atoms with Crippen molar-refractivity contribution in [3.8, 4) is 11.5 Å². The minimum absolute atomic E-state index is 0.216. The Bertz CT molecular complexity index is 816. The van der Waals surface area contributed by atoms with Gasteiger partial charge in [0.25, 0.3) is 0 Å². The molecule has 3 rings (SSSR count). The maximum atomic E-state index is 12.5. The number of hydrogen-bond donors (Lipinski definition) is 1. The Morgan fingerprint density at radius 2 is 1.19 bits per heavy atom. The molecular formula is C23H28O9. The highest BCUT2D eigenvalue weighted by atomic mass is 16.7. The van der Waals surface area contributed by atoms with Crippen molar-refractivity contribution in [2.75, 3.05) is 7.11 Å². The molecule has 0 saturated heterocycles. The summed E-state index contributed by atoms with van der Waals surface area (Å²) in [6.07, 6.45) is 3.33. The molecular weight excluding hydrogens is 420 g/mol. The summed E-state index contributed by atoms with van der Waals surface area (Å²) in [5.41, 5.74) is 0. The van der Waals surface area contributed by atoms with Gasteiger partial charge in [0, 0.05) is 0 Å². The molecule has 0 spiro atoms. The lowest BCUT2D eigenvalue weighted by Gasteiger charge is -2.30. The normalized spacial score (nSPS) is 25.3. The molecule has 9 nitrogen and oxygen atoms in total. The van der Waals surface area contributed by atoms with Crippen molar-refractivity contribution in [3.05, 3.63) is 24.3 Å². The number of benzene rings is 1. The Morgan fingerprint density at radius 1 is 0.719 bits per heavy atom. The predicted molar refractivity (Wildman–Crippen MR) is 110 cm³/mol. The van der Waals surface area contributed by atoms with Gasteiger partial charge in [-0.1, -0.05) is 0 Å². The molecule has 1 aromatic carbocycles. The van der Waals surface area contributed by atoms with Gasteiger partial charge in [0.15, 0.2) is 0 Å². The molecule has 0 unspecified atom stereocenters. The van der Waals surface area contributed by atoms with Crippen LogP contribution in [0.4, 0.5) is 4.79 Å². The minimum Gasteiger partial charge on any atom is -0.481 e. The van der Waals surface area contributed by atoms with Gasteiger partial charge in [0.2, 0.25) is 0 Å². The highest BCUT2D eigenvalue weighted by molar-refractivity contribution is 5.77. The highest BCUT2D eigenvalue weighted by Gasteiger charge is 2.34. The van der Waals surface area contributed by atoms with Crippen LogP contribution in [0.3, 0.4) is 0 Å². The lowest BCUT2D eigenvalue weighted by molar-refractivity contribution is -0.159. The fourth-order valence-electron chi connectivity index (χ4n) is 4.17. The molecule has 174 valence electrons. The molecule has 2 fully saturated rings. The zero-order chi connectivity index (χ0) is 23.1. The van der Waals surface area contributed by atoms with Crippen LogP contribution in [0.5, 0.6) is 11.5 Å². The van der Waals surface area contributed by atoms with Crippen molar-refractivity contribution >= 4 is 24.1 Å². The second-order valence-corrected chi connectivity index (χ2v) is 8.25. The molecule has 1 aromatic rings. The molecule has 0 atom stereocenters. The molecule has 0 amide bonds. The van der Waals surface area contributed by atoms with E-state index in [9.17, 15) is 19.2 Å². The number of carboxylic acids is 1. The van der Waals surface area contributed by atoms with Crippen LogP contribution in [-0.2, 0) is 23.9 Å². The van der Waals surface area contributed by atoms with Crippen molar-refractivity contribution in [3.63, 3.8) is 0 Å². The van der Waals surface area contributed by atoms with Gasteiger partial charge in [-0.05, 0) is 75.6 Å². The van der Waals surface area contributed by atoms with Crippen molar-refractivity contribution < 1.29 is 43.2 Å². The van der Waals surface area contributed by atoms with Crippen LogP contribution in [0.15, 0.2) is 24.3 Å². The van der Waals surface area contributed by atoms with E-state index in [-0.39, 0.29) is 41.5 Å². The van der Waals surface area contributed by atoms with Gasteiger partial charge >= 0.3 is 24.1 Å². The van der Waals surface area contributed by atoms with Crippen molar-refractivity contribution in [2.45, 2.75) is 57.5 Å². The standard InChI is InChI=1S/C23H28O9/c1-29-23(28)32-19-12-10-18(11-13-19)31-22(27)16-4-2-15(3-5-16)21(26)30-17-8-6-14(7-9-17)20(24)25/h10-17H,2-9H2,1H3,(H,24,25). The Kier molecular flexibility index (Phi) is 8.08. The fourth-order valence-corrected chi connectivity index (χ4v) is 4.17. The number of esters is 2. The molecule has 0 bridgehead atoms.